The maximum atomic E-state index is 13.7. The van der Waals surface area contributed by atoms with Gasteiger partial charge in [0.25, 0.3) is 11.8 Å². The third-order valence-electron chi connectivity index (χ3n) is 5.81. The van der Waals surface area contributed by atoms with Gasteiger partial charge in [-0.05, 0) is 53.9 Å². The second-order valence-electron chi connectivity index (χ2n) is 7.66. The summed E-state index contributed by atoms with van der Waals surface area (Å²) in [7, 11) is 1.62. The Labute approximate surface area is 191 Å². The number of para-hydroxylation sites is 1. The average Bonchev–Trinajstić information content (AvgIpc) is 2.98. The number of hydrogen-bond donors (Lipinski definition) is 1. The topological polar surface area (TPSA) is 58.6 Å². The molecule has 0 fully saturated rings. The van der Waals surface area contributed by atoms with Crippen LogP contribution in [0.1, 0.15) is 24.1 Å². The van der Waals surface area contributed by atoms with Crippen LogP contribution in [0, 0.1) is 0 Å². The smallest absolute Gasteiger partial charge is 0.272 e. The van der Waals surface area contributed by atoms with E-state index in [1.165, 1.54) is 16.7 Å². The Kier molecular flexibility index (Phi) is 5.23. The maximum Gasteiger partial charge on any atom is 0.272 e. The van der Waals surface area contributed by atoms with E-state index in [0.717, 1.165) is 33.9 Å². The van der Waals surface area contributed by atoms with E-state index in [9.17, 15) is 9.59 Å². The second-order valence-corrected chi connectivity index (χ2v) is 8.71. The van der Waals surface area contributed by atoms with Crippen LogP contribution in [0.15, 0.2) is 88.2 Å². The summed E-state index contributed by atoms with van der Waals surface area (Å²) in [5, 5.41) is 3.51. The molecule has 0 aliphatic carbocycles. The number of imide groups is 1. The first kappa shape index (κ1) is 20.4. The lowest BCUT2D eigenvalue weighted by atomic mass is 9.98. The number of nitrogens with one attached hydrogen (secondary N) is 1. The van der Waals surface area contributed by atoms with Gasteiger partial charge in [-0.2, -0.15) is 0 Å². The van der Waals surface area contributed by atoms with Crippen molar-refractivity contribution >= 4 is 35.0 Å². The summed E-state index contributed by atoms with van der Waals surface area (Å²) < 4.78 is 5.29. The van der Waals surface area contributed by atoms with E-state index < -0.39 is 6.04 Å². The second kappa shape index (κ2) is 8.20. The minimum absolute atomic E-state index is 0.281. The molecule has 1 unspecified atom stereocenters. The van der Waals surface area contributed by atoms with E-state index in [0.29, 0.717) is 16.2 Å². The Hall–Kier alpha value is -3.51. The number of carbonyl (C=O) groups excluding carboxylic acids is 2. The summed E-state index contributed by atoms with van der Waals surface area (Å²) in [6.45, 7) is 2.07. The number of amides is 2. The zero-order valence-corrected chi connectivity index (χ0v) is 18.6. The number of rotatable bonds is 4. The summed E-state index contributed by atoms with van der Waals surface area (Å²) >= 11 is 1.35. The molecule has 3 aromatic carbocycles. The van der Waals surface area contributed by atoms with Gasteiger partial charge >= 0.3 is 0 Å². The molecule has 160 valence electrons. The molecule has 0 aromatic heterocycles. The number of methoxy groups -OCH3 is 1. The maximum absolute atomic E-state index is 13.7. The Morgan fingerprint density at radius 1 is 0.938 bits per heavy atom. The highest BCUT2D eigenvalue weighted by atomic mass is 32.2. The average molecular weight is 443 g/mol. The van der Waals surface area contributed by atoms with E-state index >= 15 is 0 Å². The Morgan fingerprint density at radius 2 is 1.66 bits per heavy atom. The molecule has 3 aromatic rings. The summed E-state index contributed by atoms with van der Waals surface area (Å²) in [5.74, 6) is 0.164. The van der Waals surface area contributed by atoms with Crippen molar-refractivity contribution in [2.45, 2.75) is 24.3 Å². The molecule has 0 bridgehead atoms. The van der Waals surface area contributed by atoms with Crippen molar-refractivity contribution < 1.29 is 14.3 Å². The standard InChI is InChI=1S/C26H22N2O3S/c1-3-16-8-12-18(13-9-16)28-25(29)22-23(17-10-14-19(31-2)15-11-17)27-20-6-4-5-7-21(20)32-24(22)26(28)30/h4-15,23,27H,3H2,1-2H3. The van der Waals surface area contributed by atoms with Crippen LogP contribution in [0.3, 0.4) is 0 Å². The van der Waals surface area contributed by atoms with Crippen LogP contribution in [0.4, 0.5) is 11.4 Å². The molecule has 2 aliphatic heterocycles. The first-order valence-electron chi connectivity index (χ1n) is 10.5. The number of fused-ring (bicyclic) bond motifs is 1. The first-order valence-corrected chi connectivity index (χ1v) is 11.3. The van der Waals surface area contributed by atoms with Gasteiger partial charge in [0.1, 0.15) is 5.75 Å². The van der Waals surface area contributed by atoms with E-state index in [1.54, 1.807) is 7.11 Å². The molecule has 32 heavy (non-hydrogen) atoms. The lowest BCUT2D eigenvalue weighted by Gasteiger charge is -2.23. The van der Waals surface area contributed by atoms with Crippen molar-refractivity contribution in [2.75, 3.05) is 17.3 Å². The third kappa shape index (κ3) is 3.37. The fourth-order valence-corrected chi connectivity index (χ4v) is 5.15. The molecule has 2 amide bonds. The molecule has 5 nitrogen and oxygen atoms in total. The highest BCUT2D eigenvalue weighted by Gasteiger charge is 2.45. The molecular weight excluding hydrogens is 420 g/mol. The predicted octanol–water partition coefficient (Wildman–Crippen LogP) is 5.34. The molecular formula is C26H22N2O3S. The number of nitrogens with zero attached hydrogens (tertiary/aromatic N) is 1. The lowest BCUT2D eigenvalue weighted by molar-refractivity contribution is -0.120. The van der Waals surface area contributed by atoms with Gasteiger partial charge in [-0.3, -0.25) is 9.59 Å². The summed E-state index contributed by atoms with van der Waals surface area (Å²) in [6, 6.07) is 22.5. The fourth-order valence-electron chi connectivity index (χ4n) is 4.05. The van der Waals surface area contributed by atoms with Crippen LogP contribution in [0.25, 0.3) is 0 Å². The van der Waals surface area contributed by atoms with Crippen LogP contribution < -0.4 is 15.0 Å². The minimum atomic E-state index is -0.455. The van der Waals surface area contributed by atoms with Crippen molar-refractivity contribution in [1.82, 2.24) is 0 Å². The third-order valence-corrected chi connectivity index (χ3v) is 6.99. The molecule has 0 saturated carbocycles. The predicted molar refractivity (Wildman–Crippen MR) is 127 cm³/mol. The molecule has 0 spiro atoms. The quantitative estimate of drug-likeness (QED) is 0.553. The van der Waals surface area contributed by atoms with E-state index in [2.05, 4.69) is 12.2 Å². The van der Waals surface area contributed by atoms with Gasteiger partial charge in [-0.15, -0.1) is 0 Å². The molecule has 2 heterocycles. The van der Waals surface area contributed by atoms with E-state index in [1.807, 2.05) is 72.8 Å². The number of aryl methyl sites for hydroxylation is 1. The molecule has 6 heteroatoms. The SMILES string of the molecule is CCc1ccc(N2C(=O)C3=C(C2=O)C(c2ccc(OC)cc2)Nc2ccccc2S3)cc1. The van der Waals surface area contributed by atoms with Crippen molar-refractivity contribution in [3.05, 3.63) is 94.4 Å². The van der Waals surface area contributed by atoms with Gasteiger partial charge < -0.3 is 10.1 Å². The minimum Gasteiger partial charge on any atom is -0.497 e. The molecule has 1 atom stereocenters. The molecule has 2 aliphatic rings. The van der Waals surface area contributed by atoms with E-state index in [-0.39, 0.29) is 11.8 Å². The Bertz CT molecular complexity index is 1230. The number of ether oxygens (including phenoxy) is 1. The number of anilines is 2. The highest BCUT2D eigenvalue weighted by molar-refractivity contribution is 8.04. The van der Waals surface area contributed by atoms with Gasteiger partial charge in [0.15, 0.2) is 0 Å². The normalized spacial score (nSPS) is 17.6. The Morgan fingerprint density at radius 3 is 2.34 bits per heavy atom. The van der Waals surface area contributed by atoms with Crippen LogP contribution in [0.2, 0.25) is 0 Å². The fraction of sp³-hybridized carbons (Fsp3) is 0.154. The van der Waals surface area contributed by atoms with Crippen LogP contribution >= 0.6 is 11.8 Å². The molecule has 0 saturated heterocycles. The van der Waals surface area contributed by atoms with Crippen molar-refractivity contribution in [2.24, 2.45) is 0 Å². The monoisotopic (exact) mass is 442 g/mol. The molecule has 1 N–H and O–H groups in total. The van der Waals surface area contributed by atoms with Gasteiger partial charge in [-0.25, -0.2) is 4.90 Å². The van der Waals surface area contributed by atoms with Crippen LogP contribution in [-0.2, 0) is 16.0 Å². The van der Waals surface area contributed by atoms with Crippen LogP contribution in [0.5, 0.6) is 5.75 Å². The molecule has 5 rings (SSSR count). The zero-order valence-electron chi connectivity index (χ0n) is 17.8. The number of thioether (sulfide) groups is 1. The Balaban J connectivity index is 1.61. The summed E-state index contributed by atoms with van der Waals surface area (Å²) in [4.78, 5) is 29.9. The lowest BCUT2D eigenvalue weighted by Crippen LogP contribution is -2.33. The number of carbonyl (C=O) groups is 2. The largest absolute Gasteiger partial charge is 0.497 e. The van der Waals surface area contributed by atoms with Gasteiger partial charge in [0, 0.05) is 10.6 Å². The summed E-state index contributed by atoms with van der Waals surface area (Å²) in [5.41, 5.74) is 4.00. The van der Waals surface area contributed by atoms with E-state index in [4.69, 9.17) is 4.74 Å². The van der Waals surface area contributed by atoms with Crippen molar-refractivity contribution in [3.63, 3.8) is 0 Å². The molecule has 0 radical (unpaired) electrons. The zero-order chi connectivity index (χ0) is 22.2. The first-order chi connectivity index (χ1) is 15.6. The van der Waals surface area contributed by atoms with Gasteiger partial charge in [0.2, 0.25) is 0 Å². The van der Waals surface area contributed by atoms with Crippen molar-refractivity contribution in [1.29, 1.82) is 0 Å². The number of benzene rings is 3. The van der Waals surface area contributed by atoms with Gasteiger partial charge in [0.05, 0.1) is 29.3 Å². The van der Waals surface area contributed by atoms with Gasteiger partial charge in [-0.1, -0.05) is 55.1 Å². The number of hydrogen-bond acceptors (Lipinski definition) is 5. The highest BCUT2D eigenvalue weighted by Crippen LogP contribution is 2.48. The van der Waals surface area contributed by atoms with Crippen molar-refractivity contribution in [3.8, 4) is 5.75 Å². The van der Waals surface area contributed by atoms with Crippen LogP contribution in [-0.4, -0.2) is 18.9 Å². The summed E-state index contributed by atoms with van der Waals surface area (Å²) in [6.07, 6.45) is 0.896.